The molecule has 0 unspecified atom stereocenters. The summed E-state index contributed by atoms with van der Waals surface area (Å²) in [5.41, 5.74) is -0.0514. The molecule has 6 rings (SSSR count). The van der Waals surface area contributed by atoms with Crippen LogP contribution in [0.4, 0.5) is 0 Å². The third kappa shape index (κ3) is 10.0. The summed E-state index contributed by atoms with van der Waals surface area (Å²) in [4.78, 5) is 0. The Balaban J connectivity index is 1.06. The molecule has 4 fully saturated rings. The smallest absolute Gasteiger partial charge is 0.110 e. The first-order valence-corrected chi connectivity index (χ1v) is 24.6. The summed E-state index contributed by atoms with van der Waals surface area (Å²) in [5.74, 6) is 4.07. The summed E-state index contributed by atoms with van der Waals surface area (Å²) in [6, 6.07) is 0. The van der Waals surface area contributed by atoms with Gasteiger partial charge in [0.25, 0.3) is 0 Å². The van der Waals surface area contributed by atoms with Crippen molar-refractivity contribution in [3.63, 3.8) is 0 Å². The molecule has 0 aromatic heterocycles. The van der Waals surface area contributed by atoms with E-state index in [9.17, 15) is 0 Å². The monoisotopic (exact) mass is 759 g/mol. The molecule has 0 radical (unpaired) electrons. The molecule has 55 heavy (non-hydrogen) atoms. The predicted octanol–water partition coefficient (Wildman–Crippen LogP) is 14.7. The van der Waals surface area contributed by atoms with Crippen LogP contribution in [0.1, 0.15) is 195 Å². The molecule has 0 bridgehead atoms. The summed E-state index contributed by atoms with van der Waals surface area (Å²) in [6.07, 6.45) is 55.9. The van der Waals surface area contributed by atoms with E-state index in [-0.39, 0.29) is 22.0 Å². The molecule has 0 aromatic rings. The van der Waals surface area contributed by atoms with Gasteiger partial charge in [0.05, 0.1) is 13.2 Å². The second kappa shape index (κ2) is 21.2. The normalized spacial score (nSPS) is 35.9. The fraction of sp³-hybridized carbons (Fsp3) is 0.846. The Labute approximate surface area is 340 Å². The lowest BCUT2D eigenvalue weighted by molar-refractivity contribution is -0.123. The summed E-state index contributed by atoms with van der Waals surface area (Å²) in [7, 11) is 0. The van der Waals surface area contributed by atoms with Crippen molar-refractivity contribution < 1.29 is 14.2 Å². The highest BCUT2D eigenvalue weighted by Crippen LogP contribution is 2.60. The van der Waals surface area contributed by atoms with Crippen molar-refractivity contribution in [2.45, 2.75) is 206 Å². The fourth-order valence-electron chi connectivity index (χ4n) is 13.5. The van der Waals surface area contributed by atoms with E-state index in [2.05, 4.69) is 76.3 Å². The van der Waals surface area contributed by atoms with Crippen molar-refractivity contribution in [2.24, 2.45) is 46.3 Å². The molecule has 0 heterocycles. The van der Waals surface area contributed by atoms with Crippen molar-refractivity contribution in [1.82, 2.24) is 0 Å². The van der Waals surface area contributed by atoms with Crippen LogP contribution in [0, 0.1) is 46.3 Å². The molecule has 3 nitrogen and oxygen atoms in total. The van der Waals surface area contributed by atoms with E-state index < -0.39 is 0 Å². The second-order valence-electron chi connectivity index (χ2n) is 19.6. The first kappa shape index (κ1) is 43.4. The van der Waals surface area contributed by atoms with Crippen LogP contribution in [0.25, 0.3) is 0 Å². The summed E-state index contributed by atoms with van der Waals surface area (Å²) < 4.78 is 20.4. The maximum Gasteiger partial charge on any atom is 0.110 e. The van der Waals surface area contributed by atoms with Gasteiger partial charge in [0.1, 0.15) is 11.2 Å². The average Bonchev–Trinajstić information content (AvgIpc) is 3.23. The lowest BCUT2D eigenvalue weighted by atomic mass is 9.52. The lowest BCUT2D eigenvalue weighted by Crippen LogP contribution is -2.54. The van der Waals surface area contributed by atoms with Crippen LogP contribution >= 0.6 is 0 Å². The Hall–Kier alpha value is -1.16. The molecule has 6 aliphatic carbocycles. The topological polar surface area (TPSA) is 27.7 Å². The minimum Gasteiger partial charge on any atom is -0.380 e. The van der Waals surface area contributed by atoms with Crippen LogP contribution in [0.15, 0.2) is 48.6 Å². The predicted molar refractivity (Wildman–Crippen MR) is 233 cm³/mol. The summed E-state index contributed by atoms with van der Waals surface area (Å²) >= 11 is 0. The number of unbranched alkanes of at least 4 members (excludes halogenated alkanes) is 4. The van der Waals surface area contributed by atoms with E-state index in [1.165, 1.54) is 167 Å². The zero-order chi connectivity index (χ0) is 38.5. The average molecular weight is 759 g/mol. The van der Waals surface area contributed by atoms with Gasteiger partial charge in [-0.3, -0.25) is 0 Å². The van der Waals surface area contributed by atoms with E-state index >= 15 is 0 Å². The van der Waals surface area contributed by atoms with E-state index in [0.717, 1.165) is 50.1 Å². The molecule has 0 N–H and O–H groups in total. The van der Waals surface area contributed by atoms with Crippen molar-refractivity contribution in [2.75, 3.05) is 26.4 Å². The van der Waals surface area contributed by atoms with Gasteiger partial charge in [-0.2, -0.15) is 0 Å². The molecular formula is C52H86O3. The Morgan fingerprint density at radius 2 is 0.818 bits per heavy atom. The molecular weight excluding hydrogens is 673 g/mol. The molecule has 0 saturated heterocycles. The maximum absolute atomic E-state index is 6.94. The molecule has 312 valence electrons. The molecule has 0 amide bonds. The Morgan fingerprint density at radius 3 is 1.15 bits per heavy atom. The zero-order valence-electron chi connectivity index (χ0n) is 36.5. The van der Waals surface area contributed by atoms with Gasteiger partial charge in [-0.25, -0.2) is 0 Å². The van der Waals surface area contributed by atoms with Gasteiger partial charge in [0, 0.05) is 35.9 Å². The van der Waals surface area contributed by atoms with Gasteiger partial charge < -0.3 is 14.2 Å². The summed E-state index contributed by atoms with van der Waals surface area (Å²) in [6.45, 7) is 12.1. The van der Waals surface area contributed by atoms with E-state index in [0.29, 0.717) is 11.8 Å². The van der Waals surface area contributed by atoms with Crippen LogP contribution in [-0.2, 0) is 14.2 Å². The van der Waals surface area contributed by atoms with Crippen molar-refractivity contribution >= 4 is 0 Å². The molecule has 6 aliphatic rings. The third-order valence-electron chi connectivity index (χ3n) is 16.5. The van der Waals surface area contributed by atoms with E-state index in [1.54, 1.807) is 0 Å². The Kier molecular flexibility index (Phi) is 16.7. The number of hydrogen-bond acceptors (Lipinski definition) is 3. The van der Waals surface area contributed by atoms with Crippen LogP contribution in [0.3, 0.4) is 0 Å². The zero-order valence-corrected chi connectivity index (χ0v) is 36.5. The number of ether oxygens (including phenoxy) is 3. The number of rotatable bonds is 20. The molecule has 0 aliphatic heterocycles. The highest BCUT2D eigenvalue weighted by Gasteiger charge is 2.56. The van der Waals surface area contributed by atoms with Gasteiger partial charge in [-0.1, -0.05) is 178 Å². The van der Waals surface area contributed by atoms with E-state index in [4.69, 9.17) is 14.2 Å². The van der Waals surface area contributed by atoms with Gasteiger partial charge in [0.15, 0.2) is 0 Å². The SMILES string of the molecule is CCCCCC1CCC(C2(C3(OCC)C=CC(COCC4C=CC(OCC)(C5(C6CCC(CCCCC)CC6)CCCCC5)C=C4)C=C3)CCCCC2)CC1. The van der Waals surface area contributed by atoms with Crippen LogP contribution in [0.5, 0.6) is 0 Å². The minimum atomic E-state index is -0.265. The van der Waals surface area contributed by atoms with Crippen molar-refractivity contribution in [3.8, 4) is 0 Å². The molecule has 4 saturated carbocycles. The van der Waals surface area contributed by atoms with E-state index in [1.807, 2.05) is 0 Å². The first-order valence-electron chi connectivity index (χ1n) is 24.6. The van der Waals surface area contributed by atoms with Gasteiger partial charge in [-0.15, -0.1) is 0 Å². The van der Waals surface area contributed by atoms with Gasteiger partial charge >= 0.3 is 0 Å². The number of hydrogen-bond donors (Lipinski definition) is 0. The Morgan fingerprint density at radius 1 is 0.455 bits per heavy atom. The lowest BCUT2D eigenvalue weighted by Gasteiger charge is -2.56. The summed E-state index contributed by atoms with van der Waals surface area (Å²) in [5, 5.41) is 0. The van der Waals surface area contributed by atoms with Crippen LogP contribution < -0.4 is 0 Å². The highest BCUT2D eigenvalue weighted by atomic mass is 16.5. The quantitative estimate of drug-likeness (QED) is 0.0914. The second-order valence-corrected chi connectivity index (χ2v) is 19.6. The van der Waals surface area contributed by atoms with Gasteiger partial charge in [-0.05, 0) is 88.9 Å². The van der Waals surface area contributed by atoms with Crippen LogP contribution in [0.2, 0.25) is 0 Å². The first-order chi connectivity index (χ1) is 27.0. The molecule has 0 spiro atoms. The minimum absolute atomic E-state index is 0.239. The van der Waals surface area contributed by atoms with Crippen molar-refractivity contribution in [1.29, 1.82) is 0 Å². The highest BCUT2D eigenvalue weighted by molar-refractivity contribution is 5.31. The standard InChI is InChI=1S/C52H86O3/c1-5-9-13-19-43-21-25-47(26-22-43)49(33-15-11-16-34-49)51(54-7-3)37-29-45(30-38-51)41-53-42-46-31-39-52(40-32-46,55-8-4)50(35-17-12-18-36-50)48-27-23-44(24-28-48)20-14-10-6-2/h29-32,37-40,43-48H,5-28,33-36,41-42H2,1-4H3. The Bertz CT molecular complexity index is 1090. The van der Waals surface area contributed by atoms with Gasteiger partial charge in [0.2, 0.25) is 0 Å². The fourth-order valence-corrected chi connectivity index (χ4v) is 13.5. The van der Waals surface area contributed by atoms with Crippen LogP contribution in [-0.4, -0.2) is 37.6 Å². The molecule has 0 atom stereocenters. The maximum atomic E-state index is 6.94. The molecule has 3 heteroatoms. The van der Waals surface area contributed by atoms with Crippen molar-refractivity contribution in [3.05, 3.63) is 48.6 Å². The largest absolute Gasteiger partial charge is 0.380 e. The third-order valence-corrected chi connectivity index (χ3v) is 16.5. The molecule has 0 aromatic carbocycles.